The summed E-state index contributed by atoms with van der Waals surface area (Å²) < 4.78 is 13.7. The van der Waals surface area contributed by atoms with Crippen molar-refractivity contribution in [3.63, 3.8) is 0 Å². The average Bonchev–Trinajstić information content (AvgIpc) is 2.83. The van der Waals surface area contributed by atoms with E-state index >= 15 is 0 Å². The standard InChI is InChI=1S/C27H25BrIN3O3/c1-4-34-25-15-19(14-24(29)26(25)35-17-18-5-7-21(28)8-6-18)13-20(16-30)27(33)31-22-9-11-23(12-10-22)32(2)3/h5-15H,4,17H2,1-3H3,(H,31,33)/b20-13-. The Hall–Kier alpha value is -3.03. The zero-order valence-electron chi connectivity index (χ0n) is 19.6. The van der Waals surface area contributed by atoms with Gasteiger partial charge in [-0.15, -0.1) is 0 Å². The summed E-state index contributed by atoms with van der Waals surface area (Å²) in [6.45, 7) is 2.73. The molecule has 8 heteroatoms. The van der Waals surface area contributed by atoms with E-state index in [-0.39, 0.29) is 5.57 Å². The van der Waals surface area contributed by atoms with Gasteiger partial charge in [-0.1, -0.05) is 28.1 Å². The van der Waals surface area contributed by atoms with E-state index in [9.17, 15) is 10.1 Å². The molecule has 0 aliphatic carbocycles. The number of hydrogen-bond acceptors (Lipinski definition) is 5. The number of anilines is 2. The molecular weight excluding hydrogens is 621 g/mol. The molecule has 0 radical (unpaired) electrons. The molecule has 0 spiro atoms. The lowest BCUT2D eigenvalue weighted by molar-refractivity contribution is -0.112. The second-order valence-corrected chi connectivity index (χ2v) is 9.82. The van der Waals surface area contributed by atoms with Crippen LogP contribution in [0.3, 0.4) is 0 Å². The molecule has 0 saturated heterocycles. The second-order valence-electron chi connectivity index (χ2n) is 7.74. The smallest absolute Gasteiger partial charge is 0.266 e. The highest BCUT2D eigenvalue weighted by molar-refractivity contribution is 14.1. The summed E-state index contributed by atoms with van der Waals surface area (Å²) in [4.78, 5) is 14.7. The molecule has 0 aliphatic heterocycles. The number of hydrogen-bond donors (Lipinski definition) is 1. The number of benzene rings is 3. The Bertz CT molecular complexity index is 1250. The number of carbonyl (C=O) groups is 1. The van der Waals surface area contributed by atoms with Gasteiger partial charge in [-0.3, -0.25) is 4.79 Å². The van der Waals surface area contributed by atoms with Crippen molar-refractivity contribution in [1.29, 1.82) is 5.26 Å². The van der Waals surface area contributed by atoms with Crippen molar-refractivity contribution in [2.75, 3.05) is 30.9 Å². The van der Waals surface area contributed by atoms with E-state index in [1.54, 1.807) is 24.3 Å². The minimum atomic E-state index is -0.478. The molecule has 0 bridgehead atoms. The van der Waals surface area contributed by atoms with Gasteiger partial charge in [0.25, 0.3) is 5.91 Å². The molecule has 3 aromatic carbocycles. The lowest BCUT2D eigenvalue weighted by Crippen LogP contribution is -2.14. The topological polar surface area (TPSA) is 74.6 Å². The van der Waals surface area contributed by atoms with Gasteiger partial charge < -0.3 is 19.7 Å². The number of nitriles is 1. The number of ether oxygens (including phenoxy) is 2. The van der Waals surface area contributed by atoms with Crippen LogP contribution in [0.4, 0.5) is 11.4 Å². The maximum absolute atomic E-state index is 12.7. The SMILES string of the molecule is CCOc1cc(/C=C(/C#N)C(=O)Nc2ccc(N(C)C)cc2)cc(I)c1OCc1ccc(Br)cc1. The predicted octanol–water partition coefficient (Wildman–Crippen LogP) is 6.64. The van der Waals surface area contributed by atoms with E-state index in [2.05, 4.69) is 43.8 Å². The first-order valence-corrected chi connectivity index (χ1v) is 12.7. The lowest BCUT2D eigenvalue weighted by Gasteiger charge is -2.15. The molecule has 1 N–H and O–H groups in total. The fraction of sp³-hybridized carbons (Fsp3) is 0.185. The average molecular weight is 646 g/mol. The van der Waals surface area contributed by atoms with Crippen molar-refractivity contribution in [2.24, 2.45) is 0 Å². The highest BCUT2D eigenvalue weighted by atomic mass is 127. The van der Waals surface area contributed by atoms with Crippen LogP contribution in [0.25, 0.3) is 6.08 Å². The zero-order valence-corrected chi connectivity index (χ0v) is 23.4. The fourth-order valence-electron chi connectivity index (χ4n) is 3.17. The minimum absolute atomic E-state index is 0.0107. The molecule has 3 rings (SSSR count). The number of carbonyl (C=O) groups excluding carboxylic acids is 1. The van der Waals surface area contributed by atoms with Crippen molar-refractivity contribution >= 4 is 61.9 Å². The van der Waals surface area contributed by atoms with E-state index in [4.69, 9.17) is 9.47 Å². The molecule has 0 saturated carbocycles. The van der Waals surface area contributed by atoms with Crippen LogP contribution >= 0.6 is 38.5 Å². The number of nitrogens with one attached hydrogen (secondary N) is 1. The van der Waals surface area contributed by atoms with Crippen molar-refractivity contribution in [2.45, 2.75) is 13.5 Å². The summed E-state index contributed by atoms with van der Waals surface area (Å²) in [6, 6.07) is 20.9. The van der Waals surface area contributed by atoms with Gasteiger partial charge in [0, 0.05) is 29.9 Å². The number of rotatable bonds is 9. The first-order chi connectivity index (χ1) is 16.8. The minimum Gasteiger partial charge on any atom is -0.490 e. The van der Waals surface area contributed by atoms with E-state index in [1.807, 2.05) is 74.5 Å². The van der Waals surface area contributed by atoms with Gasteiger partial charge in [0.05, 0.1) is 10.2 Å². The maximum Gasteiger partial charge on any atom is 0.266 e. The Labute approximate surface area is 227 Å². The molecule has 1 amide bonds. The van der Waals surface area contributed by atoms with E-state index in [1.165, 1.54) is 0 Å². The van der Waals surface area contributed by atoms with Crippen LogP contribution in [-0.4, -0.2) is 26.6 Å². The van der Waals surface area contributed by atoms with Crippen LogP contribution in [0.1, 0.15) is 18.1 Å². The zero-order chi connectivity index (χ0) is 25.4. The third kappa shape index (κ3) is 7.47. The monoisotopic (exact) mass is 645 g/mol. The Kier molecular flexibility index (Phi) is 9.57. The molecule has 0 unspecified atom stereocenters. The Morgan fingerprint density at radius 2 is 1.80 bits per heavy atom. The quantitative estimate of drug-likeness (QED) is 0.160. The normalized spacial score (nSPS) is 10.9. The summed E-state index contributed by atoms with van der Waals surface area (Å²) in [5.74, 6) is 0.699. The highest BCUT2D eigenvalue weighted by Crippen LogP contribution is 2.35. The molecule has 0 fully saturated rings. The molecule has 0 atom stereocenters. The Morgan fingerprint density at radius 1 is 1.11 bits per heavy atom. The van der Waals surface area contributed by atoms with Crippen LogP contribution in [0.5, 0.6) is 11.5 Å². The van der Waals surface area contributed by atoms with Gasteiger partial charge in [-0.05, 0) is 95.2 Å². The summed E-state index contributed by atoms with van der Waals surface area (Å²) >= 11 is 5.61. The lowest BCUT2D eigenvalue weighted by atomic mass is 10.1. The Morgan fingerprint density at radius 3 is 2.40 bits per heavy atom. The number of nitrogens with zero attached hydrogens (tertiary/aromatic N) is 2. The first-order valence-electron chi connectivity index (χ1n) is 10.8. The van der Waals surface area contributed by atoms with E-state index < -0.39 is 5.91 Å². The number of halogens is 2. The van der Waals surface area contributed by atoms with E-state index in [0.29, 0.717) is 36.0 Å². The summed E-state index contributed by atoms with van der Waals surface area (Å²) in [6.07, 6.45) is 1.55. The molecule has 35 heavy (non-hydrogen) atoms. The van der Waals surface area contributed by atoms with Crippen LogP contribution in [0.2, 0.25) is 0 Å². The molecule has 0 heterocycles. The van der Waals surface area contributed by atoms with Crippen molar-refractivity contribution in [3.8, 4) is 17.6 Å². The van der Waals surface area contributed by atoms with Crippen LogP contribution < -0.4 is 19.7 Å². The highest BCUT2D eigenvalue weighted by Gasteiger charge is 2.15. The van der Waals surface area contributed by atoms with Gasteiger partial charge in [0.1, 0.15) is 18.2 Å². The number of amides is 1. The summed E-state index contributed by atoms with van der Waals surface area (Å²) in [5, 5.41) is 12.4. The van der Waals surface area contributed by atoms with Gasteiger partial charge in [0.15, 0.2) is 11.5 Å². The van der Waals surface area contributed by atoms with Crippen molar-refractivity contribution in [3.05, 3.63) is 85.4 Å². The van der Waals surface area contributed by atoms with Gasteiger partial charge in [-0.25, -0.2) is 0 Å². The molecular formula is C27H25BrIN3O3. The third-order valence-corrected chi connectivity index (χ3v) is 6.28. The largest absolute Gasteiger partial charge is 0.490 e. The predicted molar refractivity (Wildman–Crippen MR) is 152 cm³/mol. The molecule has 3 aromatic rings. The maximum atomic E-state index is 12.7. The van der Waals surface area contributed by atoms with Crippen molar-refractivity contribution in [1.82, 2.24) is 0 Å². The van der Waals surface area contributed by atoms with E-state index in [0.717, 1.165) is 19.3 Å². The van der Waals surface area contributed by atoms with Crippen LogP contribution in [0.15, 0.2) is 70.7 Å². The third-order valence-electron chi connectivity index (χ3n) is 4.95. The van der Waals surface area contributed by atoms with Gasteiger partial charge in [0.2, 0.25) is 0 Å². The van der Waals surface area contributed by atoms with Crippen LogP contribution in [-0.2, 0) is 11.4 Å². The Balaban J connectivity index is 1.81. The fourth-order valence-corrected chi connectivity index (χ4v) is 4.21. The molecule has 6 nitrogen and oxygen atoms in total. The van der Waals surface area contributed by atoms with Gasteiger partial charge >= 0.3 is 0 Å². The van der Waals surface area contributed by atoms with Gasteiger partial charge in [-0.2, -0.15) is 5.26 Å². The molecule has 0 aromatic heterocycles. The first kappa shape index (κ1) is 26.6. The summed E-state index contributed by atoms with van der Waals surface area (Å²) in [7, 11) is 3.89. The summed E-state index contributed by atoms with van der Waals surface area (Å²) in [5.41, 5.74) is 3.31. The molecule has 0 aliphatic rings. The van der Waals surface area contributed by atoms with Crippen LogP contribution in [0, 0.1) is 14.9 Å². The second kappa shape index (κ2) is 12.6. The molecule has 180 valence electrons. The van der Waals surface area contributed by atoms with Crippen molar-refractivity contribution < 1.29 is 14.3 Å².